The second-order valence-corrected chi connectivity index (χ2v) is 8.44. The standard InChI is InChI=1S/C25H29N3O4/c1-32-15-14-28-22(17-8-3-2-4-9-17)21(19-11-5-6-12-20(19)24(28)30)25(31)27-13-7-10-18(16-27)23(26)29/h2-6,8-9,11-12,18,21-22H,7,10,13-16H2,1H3,(H2,26,29)/t18-,21+,22-/m1/s1. The van der Waals surface area contributed by atoms with Crippen molar-refractivity contribution >= 4 is 17.7 Å². The van der Waals surface area contributed by atoms with Gasteiger partial charge in [-0.3, -0.25) is 14.4 Å². The van der Waals surface area contributed by atoms with Crippen LogP contribution in [0.1, 0.15) is 46.3 Å². The molecule has 1 fully saturated rings. The number of nitrogens with zero attached hydrogens (tertiary/aromatic N) is 2. The number of piperidine rings is 1. The van der Waals surface area contributed by atoms with E-state index in [0.29, 0.717) is 38.2 Å². The van der Waals surface area contributed by atoms with Crippen LogP contribution in [0.3, 0.4) is 0 Å². The minimum Gasteiger partial charge on any atom is -0.383 e. The van der Waals surface area contributed by atoms with E-state index < -0.39 is 12.0 Å². The van der Waals surface area contributed by atoms with E-state index in [9.17, 15) is 14.4 Å². The van der Waals surface area contributed by atoms with E-state index in [2.05, 4.69) is 0 Å². The van der Waals surface area contributed by atoms with Gasteiger partial charge >= 0.3 is 0 Å². The van der Waals surface area contributed by atoms with Gasteiger partial charge in [0.1, 0.15) is 0 Å². The molecular formula is C25H29N3O4. The first-order valence-electron chi connectivity index (χ1n) is 11.0. The fourth-order valence-electron chi connectivity index (χ4n) is 4.92. The lowest BCUT2D eigenvalue weighted by molar-refractivity contribution is -0.138. The predicted octanol–water partition coefficient (Wildman–Crippen LogP) is 2.34. The van der Waals surface area contributed by atoms with Gasteiger partial charge in [0.05, 0.1) is 24.5 Å². The summed E-state index contributed by atoms with van der Waals surface area (Å²) in [5, 5.41) is 0. The number of amides is 3. The molecule has 2 aromatic carbocycles. The Hall–Kier alpha value is -3.19. The Bertz CT molecular complexity index is 994. The highest BCUT2D eigenvalue weighted by molar-refractivity contribution is 6.01. The number of fused-ring (bicyclic) bond motifs is 1. The van der Waals surface area contributed by atoms with Crippen LogP contribution in [-0.4, -0.2) is 60.9 Å². The minimum absolute atomic E-state index is 0.0767. The maximum atomic E-state index is 14.0. The molecule has 0 aromatic heterocycles. The van der Waals surface area contributed by atoms with Crippen molar-refractivity contribution in [2.24, 2.45) is 11.7 Å². The summed E-state index contributed by atoms with van der Waals surface area (Å²) in [4.78, 5) is 42.8. The van der Waals surface area contributed by atoms with Crippen LogP contribution in [0, 0.1) is 5.92 Å². The van der Waals surface area contributed by atoms with Gasteiger partial charge in [0.2, 0.25) is 11.8 Å². The molecule has 3 amide bonds. The molecule has 2 N–H and O–H groups in total. The summed E-state index contributed by atoms with van der Waals surface area (Å²) in [5.74, 6) is -1.47. The third kappa shape index (κ3) is 4.12. The second kappa shape index (κ2) is 9.53. The third-order valence-corrected chi connectivity index (χ3v) is 6.52. The number of rotatable bonds is 6. The molecule has 0 spiro atoms. The molecular weight excluding hydrogens is 406 g/mol. The normalized spacial score (nSPS) is 23.0. The zero-order valence-corrected chi connectivity index (χ0v) is 18.3. The summed E-state index contributed by atoms with van der Waals surface area (Å²) in [6, 6.07) is 16.5. The number of ether oxygens (including phenoxy) is 1. The van der Waals surface area contributed by atoms with E-state index >= 15 is 0 Å². The fraction of sp³-hybridized carbons (Fsp3) is 0.400. The topological polar surface area (TPSA) is 92.9 Å². The summed E-state index contributed by atoms with van der Waals surface area (Å²) in [6.07, 6.45) is 1.43. The molecule has 0 aliphatic carbocycles. The zero-order valence-electron chi connectivity index (χ0n) is 18.3. The van der Waals surface area contributed by atoms with Crippen LogP contribution in [0.5, 0.6) is 0 Å². The lowest BCUT2D eigenvalue weighted by atomic mass is 9.78. The van der Waals surface area contributed by atoms with Crippen LogP contribution < -0.4 is 5.73 Å². The average Bonchev–Trinajstić information content (AvgIpc) is 2.83. The van der Waals surface area contributed by atoms with Crippen LogP contribution >= 0.6 is 0 Å². The van der Waals surface area contributed by atoms with Crippen molar-refractivity contribution in [3.8, 4) is 0 Å². The number of carbonyl (C=O) groups excluding carboxylic acids is 3. The Labute approximate surface area is 188 Å². The smallest absolute Gasteiger partial charge is 0.254 e. The van der Waals surface area contributed by atoms with Crippen LogP contribution in [-0.2, 0) is 14.3 Å². The molecule has 0 bridgehead atoms. The first-order chi connectivity index (χ1) is 15.5. The number of nitrogens with two attached hydrogens (primary N) is 1. The second-order valence-electron chi connectivity index (χ2n) is 8.44. The molecule has 7 heteroatoms. The van der Waals surface area contributed by atoms with Gasteiger partial charge in [-0.25, -0.2) is 0 Å². The van der Waals surface area contributed by atoms with Gasteiger partial charge in [0, 0.05) is 32.3 Å². The maximum Gasteiger partial charge on any atom is 0.254 e. The van der Waals surface area contributed by atoms with E-state index in [1.54, 1.807) is 23.0 Å². The highest BCUT2D eigenvalue weighted by atomic mass is 16.5. The van der Waals surface area contributed by atoms with Gasteiger partial charge in [0.25, 0.3) is 5.91 Å². The fourth-order valence-corrected chi connectivity index (χ4v) is 4.92. The average molecular weight is 436 g/mol. The SMILES string of the molecule is COCCN1C(=O)c2ccccc2[C@H](C(=O)N2CCC[C@@H](C(N)=O)C2)[C@H]1c1ccccc1. The van der Waals surface area contributed by atoms with Crippen LogP contribution in [0.15, 0.2) is 54.6 Å². The molecule has 0 radical (unpaired) electrons. The van der Waals surface area contributed by atoms with Crippen LogP contribution in [0.2, 0.25) is 0 Å². The number of benzene rings is 2. The Kier molecular flexibility index (Phi) is 6.55. The van der Waals surface area contributed by atoms with Crippen molar-refractivity contribution in [1.29, 1.82) is 0 Å². The zero-order chi connectivity index (χ0) is 22.7. The third-order valence-electron chi connectivity index (χ3n) is 6.52. The summed E-state index contributed by atoms with van der Waals surface area (Å²) < 4.78 is 5.28. The maximum absolute atomic E-state index is 14.0. The van der Waals surface area contributed by atoms with Crippen molar-refractivity contribution in [3.63, 3.8) is 0 Å². The quantitative estimate of drug-likeness (QED) is 0.754. The van der Waals surface area contributed by atoms with Gasteiger partial charge in [-0.2, -0.15) is 0 Å². The van der Waals surface area contributed by atoms with Crippen molar-refractivity contribution in [2.45, 2.75) is 24.8 Å². The highest BCUT2D eigenvalue weighted by Crippen LogP contribution is 2.44. The molecule has 2 aromatic rings. The molecule has 32 heavy (non-hydrogen) atoms. The predicted molar refractivity (Wildman–Crippen MR) is 120 cm³/mol. The van der Waals surface area contributed by atoms with Crippen molar-refractivity contribution in [1.82, 2.24) is 9.80 Å². The Morgan fingerprint density at radius 1 is 1.09 bits per heavy atom. The number of likely N-dealkylation sites (tertiary alicyclic amines) is 1. The van der Waals surface area contributed by atoms with Crippen LogP contribution in [0.25, 0.3) is 0 Å². The monoisotopic (exact) mass is 435 g/mol. The lowest BCUT2D eigenvalue weighted by Gasteiger charge is -2.44. The summed E-state index contributed by atoms with van der Waals surface area (Å²) in [7, 11) is 1.60. The summed E-state index contributed by atoms with van der Waals surface area (Å²) in [5.41, 5.74) is 7.72. The van der Waals surface area contributed by atoms with Crippen molar-refractivity contribution in [2.75, 3.05) is 33.4 Å². The molecule has 7 nitrogen and oxygen atoms in total. The summed E-state index contributed by atoms with van der Waals surface area (Å²) in [6.45, 7) is 1.64. The van der Waals surface area contributed by atoms with Crippen LogP contribution in [0.4, 0.5) is 0 Å². The Morgan fingerprint density at radius 3 is 2.53 bits per heavy atom. The number of primary amides is 1. The van der Waals surface area contributed by atoms with Gasteiger partial charge in [0.15, 0.2) is 0 Å². The van der Waals surface area contributed by atoms with E-state index in [1.165, 1.54) is 0 Å². The van der Waals surface area contributed by atoms with Gasteiger partial charge in [-0.15, -0.1) is 0 Å². The summed E-state index contributed by atoms with van der Waals surface area (Å²) >= 11 is 0. The molecule has 0 unspecified atom stereocenters. The first kappa shape index (κ1) is 22.0. The number of carbonyl (C=O) groups is 3. The van der Waals surface area contributed by atoms with Gasteiger partial charge < -0.3 is 20.3 Å². The molecule has 2 heterocycles. The largest absolute Gasteiger partial charge is 0.383 e. The first-order valence-corrected chi connectivity index (χ1v) is 11.0. The molecule has 0 saturated carbocycles. The van der Waals surface area contributed by atoms with Crippen molar-refractivity contribution in [3.05, 3.63) is 71.3 Å². The number of hydrogen-bond acceptors (Lipinski definition) is 4. The Balaban J connectivity index is 1.80. The van der Waals surface area contributed by atoms with E-state index in [1.807, 2.05) is 48.5 Å². The molecule has 168 valence electrons. The molecule has 4 rings (SSSR count). The number of methoxy groups -OCH3 is 1. The molecule has 2 aliphatic heterocycles. The van der Waals surface area contributed by atoms with E-state index in [4.69, 9.17) is 10.5 Å². The highest BCUT2D eigenvalue weighted by Gasteiger charge is 2.45. The number of hydrogen-bond donors (Lipinski definition) is 1. The van der Waals surface area contributed by atoms with Gasteiger partial charge in [-0.05, 0) is 30.0 Å². The van der Waals surface area contributed by atoms with Crippen molar-refractivity contribution < 1.29 is 19.1 Å². The Morgan fingerprint density at radius 2 is 1.81 bits per heavy atom. The van der Waals surface area contributed by atoms with Gasteiger partial charge in [-0.1, -0.05) is 48.5 Å². The minimum atomic E-state index is -0.574. The molecule has 2 aliphatic rings. The van der Waals surface area contributed by atoms with E-state index in [-0.39, 0.29) is 23.6 Å². The lowest BCUT2D eigenvalue weighted by Crippen LogP contribution is -2.51. The van der Waals surface area contributed by atoms with E-state index in [0.717, 1.165) is 17.5 Å². The molecule has 1 saturated heterocycles. The molecule has 3 atom stereocenters.